The van der Waals surface area contributed by atoms with Gasteiger partial charge in [0.25, 0.3) is 5.91 Å². The summed E-state index contributed by atoms with van der Waals surface area (Å²) in [6.07, 6.45) is 5.67. The molecule has 0 heterocycles. The van der Waals surface area contributed by atoms with Crippen molar-refractivity contribution >= 4 is 23.6 Å². The molecule has 40 heavy (non-hydrogen) atoms. The normalized spacial score (nSPS) is 11.4. The molecule has 0 aromatic heterocycles. The highest BCUT2D eigenvalue weighted by atomic mass is 32.2. The van der Waals surface area contributed by atoms with Crippen molar-refractivity contribution in [3.63, 3.8) is 0 Å². The van der Waals surface area contributed by atoms with E-state index in [1.165, 1.54) is 31.5 Å². The van der Waals surface area contributed by atoms with Crippen LogP contribution < -0.4 is 5.32 Å². The number of carbonyl (C=O) groups is 2. The van der Waals surface area contributed by atoms with E-state index in [9.17, 15) is 14.7 Å². The molecular formula is C34H46N2O3S. The number of nitrogens with zero attached hydrogens (tertiary/aromatic N) is 1. The lowest BCUT2D eigenvalue weighted by molar-refractivity contribution is -0.139. The number of rotatable bonds is 14. The molecule has 0 aliphatic heterocycles. The monoisotopic (exact) mass is 562 g/mol. The van der Waals surface area contributed by atoms with Gasteiger partial charge in [0.2, 0.25) is 0 Å². The number of carboxylic acids is 1. The maximum atomic E-state index is 12.8. The van der Waals surface area contributed by atoms with Crippen LogP contribution in [0, 0.1) is 6.92 Å². The second kappa shape index (κ2) is 18.3. The Morgan fingerprint density at radius 1 is 0.875 bits per heavy atom. The highest BCUT2D eigenvalue weighted by molar-refractivity contribution is 7.98. The number of amides is 1. The number of thioether (sulfide) groups is 1. The first kappa shape index (κ1) is 33.1. The third-order valence-electron chi connectivity index (χ3n) is 6.71. The first-order valence-electron chi connectivity index (χ1n) is 14.3. The van der Waals surface area contributed by atoms with Crippen molar-refractivity contribution in [2.45, 2.75) is 66.0 Å². The third kappa shape index (κ3) is 10.8. The summed E-state index contributed by atoms with van der Waals surface area (Å²) < 4.78 is 0. The van der Waals surface area contributed by atoms with Gasteiger partial charge >= 0.3 is 5.97 Å². The SMILES string of the molecule is CCCN(CCC)Cc1ccccc1.CCc1ccc(C(=O)NC(CCSC)C(=O)O)c(-c2ccccc2C)c1. The lowest BCUT2D eigenvalue weighted by Crippen LogP contribution is -2.41. The molecule has 0 saturated heterocycles. The average molecular weight is 563 g/mol. The molecule has 2 N–H and O–H groups in total. The van der Waals surface area contributed by atoms with Gasteiger partial charge in [-0.25, -0.2) is 4.79 Å². The second-order valence-corrected chi connectivity index (χ2v) is 10.9. The third-order valence-corrected chi connectivity index (χ3v) is 7.36. The van der Waals surface area contributed by atoms with Crippen LogP contribution in [-0.4, -0.2) is 53.0 Å². The summed E-state index contributed by atoms with van der Waals surface area (Å²) in [5.74, 6) is -0.675. The molecule has 0 fully saturated rings. The Hall–Kier alpha value is -3.09. The van der Waals surface area contributed by atoms with E-state index in [1.54, 1.807) is 17.8 Å². The van der Waals surface area contributed by atoms with E-state index in [1.807, 2.05) is 49.6 Å². The molecule has 5 nitrogen and oxygen atoms in total. The number of benzene rings is 3. The van der Waals surface area contributed by atoms with Crippen LogP contribution >= 0.6 is 11.8 Å². The number of hydrogen-bond donors (Lipinski definition) is 2. The molecule has 0 aliphatic rings. The van der Waals surface area contributed by atoms with Gasteiger partial charge in [-0.3, -0.25) is 9.69 Å². The Morgan fingerprint density at radius 3 is 2.10 bits per heavy atom. The van der Waals surface area contributed by atoms with Gasteiger partial charge in [0.05, 0.1) is 0 Å². The minimum absolute atomic E-state index is 0.348. The molecule has 3 aromatic carbocycles. The van der Waals surface area contributed by atoms with Crippen LogP contribution in [0.3, 0.4) is 0 Å². The van der Waals surface area contributed by atoms with Crippen LogP contribution in [0.1, 0.15) is 67.1 Å². The van der Waals surface area contributed by atoms with E-state index >= 15 is 0 Å². The van der Waals surface area contributed by atoms with Gasteiger partial charge in [-0.15, -0.1) is 0 Å². The van der Waals surface area contributed by atoms with Gasteiger partial charge in [0.15, 0.2) is 0 Å². The van der Waals surface area contributed by atoms with Gasteiger partial charge < -0.3 is 10.4 Å². The maximum Gasteiger partial charge on any atom is 0.326 e. The van der Waals surface area contributed by atoms with E-state index < -0.39 is 12.0 Å². The summed E-state index contributed by atoms with van der Waals surface area (Å²) in [5.41, 5.74) is 5.98. The second-order valence-electron chi connectivity index (χ2n) is 9.96. The van der Waals surface area contributed by atoms with E-state index in [0.29, 0.717) is 17.7 Å². The zero-order chi connectivity index (χ0) is 29.3. The van der Waals surface area contributed by atoms with Crippen LogP contribution in [-0.2, 0) is 17.8 Å². The van der Waals surface area contributed by atoms with Gasteiger partial charge in [0.1, 0.15) is 6.04 Å². The van der Waals surface area contributed by atoms with Crippen LogP contribution in [0.4, 0.5) is 0 Å². The van der Waals surface area contributed by atoms with E-state index in [0.717, 1.165) is 35.2 Å². The molecule has 1 amide bonds. The summed E-state index contributed by atoms with van der Waals surface area (Å²) >= 11 is 1.56. The fourth-order valence-electron chi connectivity index (χ4n) is 4.58. The van der Waals surface area contributed by atoms with Crippen LogP contribution in [0.2, 0.25) is 0 Å². The van der Waals surface area contributed by atoms with Gasteiger partial charge in [-0.05, 0) is 91.6 Å². The van der Waals surface area contributed by atoms with Crippen LogP contribution in [0.15, 0.2) is 72.8 Å². The van der Waals surface area contributed by atoms with Gasteiger partial charge in [-0.2, -0.15) is 11.8 Å². The number of aliphatic carboxylic acids is 1. The average Bonchev–Trinajstić information content (AvgIpc) is 2.96. The maximum absolute atomic E-state index is 12.8. The Balaban J connectivity index is 0.000000337. The Morgan fingerprint density at radius 2 is 1.52 bits per heavy atom. The van der Waals surface area contributed by atoms with E-state index in [-0.39, 0.29) is 5.91 Å². The number of hydrogen-bond acceptors (Lipinski definition) is 4. The molecule has 1 unspecified atom stereocenters. The standard InChI is InChI=1S/C21H25NO3S.C13H21N/c1-4-15-9-10-17(18(13-15)16-8-6-5-7-14(16)2)20(23)22-19(21(24)25)11-12-26-3;1-3-10-14(11-4-2)12-13-8-6-5-7-9-13/h5-10,13,19H,4,11-12H2,1-3H3,(H,22,23)(H,24,25);5-9H,3-4,10-12H2,1-2H3. The van der Waals surface area contributed by atoms with Crippen molar-refractivity contribution < 1.29 is 14.7 Å². The molecule has 0 saturated carbocycles. The largest absolute Gasteiger partial charge is 0.480 e. The summed E-state index contributed by atoms with van der Waals surface area (Å²) in [6.45, 7) is 12.1. The number of nitrogens with one attached hydrogen (secondary N) is 1. The van der Waals surface area contributed by atoms with Gasteiger partial charge in [-0.1, -0.05) is 87.5 Å². The van der Waals surface area contributed by atoms with Crippen molar-refractivity contribution in [3.8, 4) is 11.1 Å². The molecule has 6 heteroatoms. The molecule has 0 spiro atoms. The Bertz CT molecular complexity index is 1180. The number of carbonyl (C=O) groups excluding carboxylic acids is 1. The van der Waals surface area contributed by atoms with Crippen molar-refractivity contribution in [2.75, 3.05) is 25.1 Å². The van der Waals surface area contributed by atoms with E-state index in [4.69, 9.17) is 0 Å². The smallest absolute Gasteiger partial charge is 0.326 e. The predicted molar refractivity (Wildman–Crippen MR) is 170 cm³/mol. The minimum atomic E-state index is -1.00. The molecule has 0 radical (unpaired) electrons. The van der Waals surface area contributed by atoms with E-state index in [2.05, 4.69) is 61.3 Å². The Kier molecular flexibility index (Phi) is 15.1. The molecule has 0 bridgehead atoms. The highest BCUT2D eigenvalue weighted by Gasteiger charge is 2.22. The summed E-state index contributed by atoms with van der Waals surface area (Å²) in [6, 6.07) is 23.5. The van der Waals surface area contributed by atoms with Crippen LogP contribution in [0.5, 0.6) is 0 Å². The molecular weight excluding hydrogens is 516 g/mol. The molecule has 216 valence electrons. The summed E-state index contributed by atoms with van der Waals surface area (Å²) in [7, 11) is 0. The van der Waals surface area contributed by atoms with Crippen molar-refractivity contribution in [2.24, 2.45) is 0 Å². The minimum Gasteiger partial charge on any atom is -0.480 e. The fraction of sp³-hybridized carbons (Fsp3) is 0.412. The molecule has 3 aromatic rings. The van der Waals surface area contributed by atoms with Crippen LogP contribution in [0.25, 0.3) is 11.1 Å². The zero-order valence-electron chi connectivity index (χ0n) is 24.8. The zero-order valence-corrected chi connectivity index (χ0v) is 25.6. The Labute approximate surface area is 245 Å². The summed E-state index contributed by atoms with van der Waals surface area (Å²) in [4.78, 5) is 26.8. The first-order valence-corrected chi connectivity index (χ1v) is 15.7. The summed E-state index contributed by atoms with van der Waals surface area (Å²) in [5, 5.41) is 12.1. The van der Waals surface area contributed by atoms with Gasteiger partial charge in [0, 0.05) is 12.1 Å². The fourth-order valence-corrected chi connectivity index (χ4v) is 5.05. The van der Waals surface area contributed by atoms with Crippen molar-refractivity contribution in [3.05, 3.63) is 95.1 Å². The predicted octanol–water partition coefficient (Wildman–Crippen LogP) is 7.47. The molecule has 0 aliphatic carbocycles. The van der Waals surface area contributed by atoms with Crippen molar-refractivity contribution in [1.29, 1.82) is 0 Å². The topological polar surface area (TPSA) is 69.6 Å². The number of carboxylic acid groups (broad SMARTS) is 1. The lowest BCUT2D eigenvalue weighted by atomic mass is 9.93. The highest BCUT2D eigenvalue weighted by Crippen LogP contribution is 2.28. The first-order chi connectivity index (χ1) is 19.3. The lowest BCUT2D eigenvalue weighted by Gasteiger charge is -2.20. The molecule has 3 rings (SSSR count). The number of aryl methyl sites for hydroxylation is 2. The quantitative estimate of drug-likeness (QED) is 0.213. The van der Waals surface area contributed by atoms with Crippen molar-refractivity contribution in [1.82, 2.24) is 10.2 Å². The molecule has 1 atom stereocenters.